The van der Waals surface area contributed by atoms with Crippen molar-refractivity contribution in [3.05, 3.63) is 52.1 Å². The molecule has 0 atom stereocenters. The van der Waals surface area contributed by atoms with Crippen molar-refractivity contribution in [2.24, 2.45) is 0 Å². The average Bonchev–Trinajstić information content (AvgIpc) is 2.45. The Hall–Kier alpha value is -1.53. The Morgan fingerprint density at radius 2 is 2.25 bits per heavy atom. The van der Waals surface area contributed by atoms with Crippen LogP contribution in [-0.4, -0.2) is 23.2 Å². The van der Waals surface area contributed by atoms with Crippen LogP contribution in [0.2, 0.25) is 0 Å². The molecule has 2 rings (SSSR count). The van der Waals surface area contributed by atoms with Crippen molar-refractivity contribution in [2.45, 2.75) is 10.8 Å². The summed E-state index contributed by atoms with van der Waals surface area (Å²) in [7, 11) is 1.61. The van der Waals surface area contributed by atoms with Crippen molar-refractivity contribution < 1.29 is 14.6 Å². The molecule has 0 aliphatic carbocycles. The van der Waals surface area contributed by atoms with E-state index in [1.54, 1.807) is 25.4 Å². The number of nitrogens with zero attached hydrogens (tertiary/aromatic N) is 1. The van der Waals surface area contributed by atoms with Crippen molar-refractivity contribution in [3.8, 4) is 5.75 Å². The molecule has 0 bridgehead atoms. The first kappa shape index (κ1) is 14.9. The van der Waals surface area contributed by atoms with Crippen molar-refractivity contribution in [3.63, 3.8) is 0 Å². The molecule has 104 valence electrons. The smallest absolute Gasteiger partial charge is 0.338 e. The van der Waals surface area contributed by atoms with Crippen LogP contribution in [0, 0.1) is 0 Å². The molecule has 0 saturated carbocycles. The molecule has 1 heterocycles. The van der Waals surface area contributed by atoms with Gasteiger partial charge in [0.1, 0.15) is 10.8 Å². The van der Waals surface area contributed by atoms with E-state index in [1.165, 1.54) is 11.8 Å². The third-order valence-electron chi connectivity index (χ3n) is 2.61. The van der Waals surface area contributed by atoms with Gasteiger partial charge in [0.05, 0.1) is 12.7 Å². The number of benzene rings is 1. The molecule has 0 radical (unpaired) electrons. The number of pyridine rings is 1. The van der Waals surface area contributed by atoms with Gasteiger partial charge in [0.25, 0.3) is 0 Å². The van der Waals surface area contributed by atoms with Gasteiger partial charge in [0, 0.05) is 22.0 Å². The summed E-state index contributed by atoms with van der Waals surface area (Å²) in [5.41, 5.74) is 1.19. The van der Waals surface area contributed by atoms with E-state index in [2.05, 4.69) is 20.9 Å². The molecule has 0 fully saturated rings. The molecule has 0 aliphatic rings. The molecule has 0 unspecified atom stereocenters. The lowest BCUT2D eigenvalue weighted by Gasteiger charge is -2.09. The number of aromatic nitrogens is 1. The molecular formula is C14H12BrNO3S. The van der Waals surface area contributed by atoms with Crippen LogP contribution in [0.4, 0.5) is 0 Å². The van der Waals surface area contributed by atoms with Gasteiger partial charge in [-0.15, -0.1) is 11.8 Å². The predicted octanol–water partition coefficient (Wildman–Crippen LogP) is 3.84. The van der Waals surface area contributed by atoms with E-state index >= 15 is 0 Å². The highest BCUT2D eigenvalue weighted by Gasteiger charge is 2.12. The van der Waals surface area contributed by atoms with Gasteiger partial charge >= 0.3 is 5.97 Å². The van der Waals surface area contributed by atoms with Crippen molar-refractivity contribution in [1.29, 1.82) is 0 Å². The summed E-state index contributed by atoms with van der Waals surface area (Å²) in [5.74, 6) is 0.384. The predicted molar refractivity (Wildman–Crippen MR) is 81.5 cm³/mol. The summed E-state index contributed by atoms with van der Waals surface area (Å²) in [5, 5.41) is 9.62. The second-order valence-electron chi connectivity index (χ2n) is 3.91. The number of carboxylic acids is 1. The first-order chi connectivity index (χ1) is 9.61. The van der Waals surface area contributed by atoms with Crippen molar-refractivity contribution in [1.82, 2.24) is 4.98 Å². The quantitative estimate of drug-likeness (QED) is 0.827. The van der Waals surface area contributed by atoms with Gasteiger partial charge in [-0.1, -0.05) is 15.9 Å². The van der Waals surface area contributed by atoms with Gasteiger partial charge < -0.3 is 9.84 Å². The zero-order chi connectivity index (χ0) is 14.5. The Morgan fingerprint density at radius 1 is 1.45 bits per heavy atom. The first-order valence-corrected chi connectivity index (χ1v) is 7.53. The van der Waals surface area contributed by atoms with Gasteiger partial charge in [-0.25, -0.2) is 9.78 Å². The van der Waals surface area contributed by atoms with Gasteiger partial charge in [0.15, 0.2) is 0 Å². The summed E-state index contributed by atoms with van der Waals surface area (Å²) in [4.78, 5) is 15.2. The lowest BCUT2D eigenvalue weighted by atomic mass is 10.2. The van der Waals surface area contributed by atoms with Crippen LogP contribution in [0.25, 0.3) is 0 Å². The number of hydrogen-bond acceptors (Lipinski definition) is 4. The molecular weight excluding hydrogens is 342 g/mol. The number of rotatable bonds is 5. The number of carboxylic acid groups (broad SMARTS) is 1. The van der Waals surface area contributed by atoms with Crippen LogP contribution in [0.15, 0.2) is 46.0 Å². The molecule has 1 N–H and O–H groups in total. The minimum Gasteiger partial charge on any atom is -0.496 e. The molecule has 0 saturated heterocycles. The molecule has 6 heteroatoms. The maximum Gasteiger partial charge on any atom is 0.338 e. The number of thioether (sulfide) groups is 1. The van der Waals surface area contributed by atoms with E-state index in [0.717, 1.165) is 15.8 Å². The van der Waals surface area contributed by atoms with Gasteiger partial charge in [-0.05, 0) is 30.3 Å². The molecule has 1 aromatic heterocycles. The fourth-order valence-corrected chi connectivity index (χ4v) is 3.05. The number of carbonyl (C=O) groups is 1. The zero-order valence-corrected chi connectivity index (χ0v) is 13.1. The largest absolute Gasteiger partial charge is 0.496 e. The summed E-state index contributed by atoms with van der Waals surface area (Å²) >= 11 is 4.79. The summed E-state index contributed by atoms with van der Waals surface area (Å²) in [6, 6.07) is 8.89. The highest BCUT2D eigenvalue weighted by molar-refractivity contribution is 9.10. The van der Waals surface area contributed by atoms with E-state index in [9.17, 15) is 4.79 Å². The standard InChI is InChI=1S/C14H12BrNO3S/c1-19-12-5-4-10(15)7-9(12)8-20-13-11(14(17)18)3-2-6-16-13/h2-7H,8H2,1H3,(H,17,18). The zero-order valence-electron chi connectivity index (χ0n) is 10.7. The Labute approximate surface area is 129 Å². The van der Waals surface area contributed by atoms with E-state index < -0.39 is 5.97 Å². The molecule has 4 nitrogen and oxygen atoms in total. The molecule has 0 spiro atoms. The summed E-state index contributed by atoms with van der Waals surface area (Å²) in [6.45, 7) is 0. The molecule has 1 aromatic carbocycles. The SMILES string of the molecule is COc1ccc(Br)cc1CSc1ncccc1C(=O)O. The van der Waals surface area contributed by atoms with Gasteiger partial charge in [-0.3, -0.25) is 0 Å². The van der Waals surface area contributed by atoms with Crippen LogP contribution in [0.3, 0.4) is 0 Å². The monoisotopic (exact) mass is 353 g/mol. The number of hydrogen-bond donors (Lipinski definition) is 1. The topological polar surface area (TPSA) is 59.4 Å². The van der Waals surface area contributed by atoms with Crippen molar-refractivity contribution in [2.75, 3.05) is 7.11 Å². The van der Waals surface area contributed by atoms with Gasteiger partial charge in [-0.2, -0.15) is 0 Å². The minimum atomic E-state index is -0.971. The summed E-state index contributed by atoms with van der Waals surface area (Å²) < 4.78 is 6.25. The molecule has 0 aliphatic heterocycles. The van der Waals surface area contributed by atoms with Crippen LogP contribution in [-0.2, 0) is 5.75 Å². The Kier molecular flexibility index (Phi) is 5.03. The third-order valence-corrected chi connectivity index (χ3v) is 4.16. The fourth-order valence-electron chi connectivity index (χ4n) is 1.67. The van der Waals surface area contributed by atoms with Gasteiger partial charge in [0.2, 0.25) is 0 Å². The third kappa shape index (κ3) is 3.52. The van der Waals surface area contributed by atoms with Crippen LogP contribution in [0.1, 0.15) is 15.9 Å². The first-order valence-electron chi connectivity index (χ1n) is 5.75. The molecule has 2 aromatic rings. The van der Waals surface area contributed by atoms with Crippen molar-refractivity contribution >= 4 is 33.7 Å². The average molecular weight is 354 g/mol. The number of ether oxygens (including phenoxy) is 1. The number of halogens is 1. The van der Waals surface area contributed by atoms with Crippen LogP contribution < -0.4 is 4.74 Å². The minimum absolute atomic E-state index is 0.214. The summed E-state index contributed by atoms with van der Waals surface area (Å²) in [6.07, 6.45) is 1.59. The highest BCUT2D eigenvalue weighted by Crippen LogP contribution is 2.30. The van der Waals surface area contributed by atoms with E-state index in [1.807, 2.05) is 18.2 Å². The second-order valence-corrected chi connectivity index (χ2v) is 5.79. The Balaban J connectivity index is 2.21. The number of methoxy groups -OCH3 is 1. The number of aromatic carboxylic acids is 1. The van der Waals surface area contributed by atoms with E-state index in [4.69, 9.17) is 9.84 Å². The normalized spacial score (nSPS) is 10.3. The molecule has 0 amide bonds. The maximum absolute atomic E-state index is 11.1. The fraction of sp³-hybridized carbons (Fsp3) is 0.143. The maximum atomic E-state index is 11.1. The van der Waals surface area contributed by atoms with Crippen LogP contribution >= 0.6 is 27.7 Å². The van der Waals surface area contributed by atoms with E-state index in [-0.39, 0.29) is 5.56 Å². The lowest BCUT2D eigenvalue weighted by molar-refractivity contribution is 0.0692. The van der Waals surface area contributed by atoms with E-state index in [0.29, 0.717) is 10.8 Å². The Bertz CT molecular complexity index is 634. The molecule has 20 heavy (non-hydrogen) atoms. The highest BCUT2D eigenvalue weighted by atomic mass is 79.9. The van der Waals surface area contributed by atoms with Crippen LogP contribution in [0.5, 0.6) is 5.75 Å². The second kappa shape index (κ2) is 6.76. The Morgan fingerprint density at radius 3 is 2.95 bits per heavy atom. The lowest BCUT2D eigenvalue weighted by Crippen LogP contribution is -2.00.